The number of benzene rings is 1. The Labute approximate surface area is 130 Å². The lowest BCUT2D eigenvalue weighted by Gasteiger charge is -2.35. The number of nitrogens with one attached hydrogen (secondary N) is 1. The molecule has 0 spiro atoms. The molecule has 5 heteroatoms. The normalized spacial score (nSPS) is 19.6. The number of nitrogens with zero attached hydrogens (tertiary/aromatic N) is 1. The minimum absolute atomic E-state index is 0.0906. The summed E-state index contributed by atoms with van der Waals surface area (Å²) in [6.45, 7) is 2.59. The summed E-state index contributed by atoms with van der Waals surface area (Å²) in [4.78, 5) is 25.6. The van der Waals surface area contributed by atoms with Crippen molar-refractivity contribution in [3.63, 3.8) is 0 Å². The smallest absolute Gasteiger partial charge is 0.254 e. The van der Waals surface area contributed by atoms with E-state index in [4.69, 9.17) is 0 Å². The summed E-state index contributed by atoms with van der Waals surface area (Å²) in [6.07, 6.45) is 3.68. The Balaban J connectivity index is 1.79. The van der Waals surface area contributed by atoms with E-state index in [0.717, 1.165) is 29.7 Å². The van der Waals surface area contributed by atoms with Crippen LogP contribution in [0.5, 0.6) is 0 Å². The molecule has 0 unspecified atom stereocenters. The van der Waals surface area contributed by atoms with Crippen molar-refractivity contribution in [3.05, 3.63) is 29.3 Å². The van der Waals surface area contributed by atoms with Crippen LogP contribution in [0.15, 0.2) is 18.2 Å². The number of anilines is 1. The second-order valence-electron chi connectivity index (χ2n) is 6.34. The first kappa shape index (κ1) is 15.0. The number of aliphatic hydroxyl groups is 1. The van der Waals surface area contributed by atoms with Gasteiger partial charge in [0.1, 0.15) is 5.60 Å². The molecule has 0 atom stereocenters. The van der Waals surface area contributed by atoms with Crippen molar-refractivity contribution in [2.24, 2.45) is 0 Å². The summed E-state index contributed by atoms with van der Waals surface area (Å²) in [5.41, 5.74) is 1.82. The van der Waals surface area contributed by atoms with Crippen molar-refractivity contribution in [1.29, 1.82) is 0 Å². The number of carbonyl (C=O) groups is 2. The molecule has 5 nitrogen and oxygen atoms in total. The maximum atomic E-state index is 12.6. The zero-order chi connectivity index (χ0) is 15.7. The first-order valence-corrected chi connectivity index (χ1v) is 7.90. The molecule has 1 saturated carbocycles. The molecule has 2 N–H and O–H groups in total. The van der Waals surface area contributed by atoms with Gasteiger partial charge in [0.25, 0.3) is 5.91 Å². The fourth-order valence-corrected chi connectivity index (χ4v) is 3.56. The van der Waals surface area contributed by atoms with Gasteiger partial charge in [-0.15, -0.1) is 0 Å². The van der Waals surface area contributed by atoms with Gasteiger partial charge < -0.3 is 15.3 Å². The lowest BCUT2D eigenvalue weighted by atomic mass is 9.94. The number of amides is 2. The van der Waals surface area contributed by atoms with Crippen LogP contribution in [0.2, 0.25) is 0 Å². The van der Waals surface area contributed by atoms with Crippen LogP contribution in [-0.2, 0) is 22.6 Å². The lowest BCUT2D eigenvalue weighted by molar-refractivity contribution is -0.151. The Bertz CT molecular complexity index is 606. The third kappa shape index (κ3) is 2.73. The van der Waals surface area contributed by atoms with Crippen molar-refractivity contribution in [2.45, 2.75) is 51.2 Å². The molecule has 118 valence electrons. The van der Waals surface area contributed by atoms with Crippen molar-refractivity contribution in [1.82, 2.24) is 4.90 Å². The van der Waals surface area contributed by atoms with Crippen LogP contribution in [0.3, 0.4) is 0 Å². The van der Waals surface area contributed by atoms with Gasteiger partial charge >= 0.3 is 0 Å². The Morgan fingerprint density at radius 2 is 2.00 bits per heavy atom. The molecule has 1 aliphatic carbocycles. The molecule has 0 radical (unpaired) electrons. The lowest BCUT2D eigenvalue weighted by Crippen LogP contribution is -2.49. The molecular weight excluding hydrogens is 280 g/mol. The summed E-state index contributed by atoms with van der Waals surface area (Å²) in [5.74, 6) is -0.229. The predicted octanol–water partition coefficient (Wildman–Crippen LogP) is 1.83. The highest BCUT2D eigenvalue weighted by molar-refractivity contribution is 5.90. The standard InChI is InChI=1S/C17H22N2O3/c1-12(20)18-15-6-4-5-13-11-19(10-7-14(13)15)16(21)17(22)8-2-3-9-17/h4-6,22H,2-3,7-11H2,1H3,(H,18,20). The maximum Gasteiger partial charge on any atom is 0.254 e. The molecule has 22 heavy (non-hydrogen) atoms. The van der Waals surface area contributed by atoms with E-state index in [-0.39, 0.29) is 11.8 Å². The second-order valence-corrected chi connectivity index (χ2v) is 6.34. The Morgan fingerprint density at radius 3 is 2.68 bits per heavy atom. The predicted molar refractivity (Wildman–Crippen MR) is 83.3 cm³/mol. The molecule has 1 aromatic carbocycles. The van der Waals surface area contributed by atoms with Gasteiger partial charge in [-0.05, 0) is 49.3 Å². The van der Waals surface area contributed by atoms with Gasteiger partial charge in [-0.25, -0.2) is 0 Å². The first-order chi connectivity index (χ1) is 10.5. The van der Waals surface area contributed by atoms with Crippen LogP contribution in [-0.4, -0.2) is 34.0 Å². The summed E-state index contributed by atoms with van der Waals surface area (Å²) in [5, 5.41) is 13.3. The molecule has 1 aliphatic heterocycles. The Morgan fingerprint density at radius 1 is 1.27 bits per heavy atom. The highest BCUT2D eigenvalue weighted by Gasteiger charge is 2.42. The van der Waals surface area contributed by atoms with Gasteiger partial charge in [-0.1, -0.05) is 12.1 Å². The average molecular weight is 302 g/mol. The number of fused-ring (bicyclic) bond motifs is 1. The minimum atomic E-state index is -1.16. The molecule has 3 rings (SSSR count). The van der Waals surface area contributed by atoms with Crippen LogP contribution in [0, 0.1) is 0 Å². The quantitative estimate of drug-likeness (QED) is 0.875. The van der Waals surface area contributed by atoms with E-state index in [9.17, 15) is 14.7 Å². The number of rotatable bonds is 2. The average Bonchev–Trinajstić information content (AvgIpc) is 2.94. The first-order valence-electron chi connectivity index (χ1n) is 7.90. The molecule has 2 aliphatic rings. The number of hydrogen-bond acceptors (Lipinski definition) is 3. The Hall–Kier alpha value is -1.88. The number of hydrogen-bond donors (Lipinski definition) is 2. The van der Waals surface area contributed by atoms with Crippen molar-refractivity contribution < 1.29 is 14.7 Å². The maximum absolute atomic E-state index is 12.6. The van der Waals surface area contributed by atoms with E-state index in [0.29, 0.717) is 32.4 Å². The van der Waals surface area contributed by atoms with Crippen LogP contribution in [0.4, 0.5) is 5.69 Å². The van der Waals surface area contributed by atoms with Gasteiger partial charge in [0.2, 0.25) is 5.91 Å². The van der Waals surface area contributed by atoms with Crippen LogP contribution < -0.4 is 5.32 Å². The van der Waals surface area contributed by atoms with Crippen molar-refractivity contribution >= 4 is 17.5 Å². The largest absolute Gasteiger partial charge is 0.380 e. The molecule has 1 fully saturated rings. The molecule has 1 aromatic rings. The Kier molecular flexibility index (Phi) is 3.91. The van der Waals surface area contributed by atoms with Crippen molar-refractivity contribution in [2.75, 3.05) is 11.9 Å². The minimum Gasteiger partial charge on any atom is -0.380 e. The topological polar surface area (TPSA) is 69.6 Å². The van der Waals surface area contributed by atoms with Crippen LogP contribution >= 0.6 is 0 Å². The van der Waals surface area contributed by atoms with Gasteiger partial charge in [-0.2, -0.15) is 0 Å². The molecule has 2 amide bonds. The van der Waals surface area contributed by atoms with Gasteiger partial charge in [0.15, 0.2) is 0 Å². The van der Waals surface area contributed by atoms with E-state index >= 15 is 0 Å². The second kappa shape index (κ2) is 5.72. The highest BCUT2D eigenvalue weighted by Crippen LogP contribution is 2.33. The fourth-order valence-electron chi connectivity index (χ4n) is 3.56. The summed E-state index contributed by atoms with van der Waals surface area (Å²) in [7, 11) is 0. The van der Waals surface area contributed by atoms with Crippen LogP contribution in [0.25, 0.3) is 0 Å². The van der Waals surface area contributed by atoms with E-state index in [2.05, 4.69) is 5.32 Å². The molecule has 0 aromatic heterocycles. The molecule has 0 bridgehead atoms. The number of carbonyl (C=O) groups excluding carboxylic acids is 2. The van der Waals surface area contributed by atoms with E-state index in [1.165, 1.54) is 6.92 Å². The highest BCUT2D eigenvalue weighted by atomic mass is 16.3. The van der Waals surface area contributed by atoms with Gasteiger partial charge in [0.05, 0.1) is 0 Å². The summed E-state index contributed by atoms with van der Waals surface area (Å²) >= 11 is 0. The SMILES string of the molecule is CC(=O)Nc1cccc2c1CCN(C(=O)C1(O)CCCC1)C2. The molecular formula is C17H22N2O3. The summed E-state index contributed by atoms with van der Waals surface area (Å²) < 4.78 is 0. The van der Waals surface area contributed by atoms with E-state index in [1.54, 1.807) is 4.90 Å². The molecule has 0 saturated heterocycles. The van der Waals surface area contributed by atoms with E-state index < -0.39 is 5.60 Å². The van der Waals surface area contributed by atoms with Crippen LogP contribution in [0.1, 0.15) is 43.7 Å². The zero-order valence-corrected chi connectivity index (χ0v) is 12.9. The third-order valence-corrected chi connectivity index (χ3v) is 4.69. The fraction of sp³-hybridized carbons (Fsp3) is 0.529. The van der Waals surface area contributed by atoms with Gasteiger partial charge in [-0.3, -0.25) is 9.59 Å². The molecule has 1 heterocycles. The van der Waals surface area contributed by atoms with E-state index in [1.807, 2.05) is 18.2 Å². The zero-order valence-electron chi connectivity index (χ0n) is 12.9. The van der Waals surface area contributed by atoms with Crippen molar-refractivity contribution in [3.8, 4) is 0 Å². The monoisotopic (exact) mass is 302 g/mol. The summed E-state index contributed by atoms with van der Waals surface area (Å²) in [6, 6.07) is 5.77. The third-order valence-electron chi connectivity index (χ3n) is 4.69. The van der Waals surface area contributed by atoms with Gasteiger partial charge in [0, 0.05) is 25.7 Å².